The number of carbonyl (C=O) groups is 2. The second-order valence-electron chi connectivity index (χ2n) is 12.4. The van der Waals surface area contributed by atoms with Gasteiger partial charge in [-0.1, -0.05) is 49.4 Å². The summed E-state index contributed by atoms with van der Waals surface area (Å²) in [5.74, 6) is -0.457. The number of halogens is 3. The Labute approximate surface area is 283 Å². The van der Waals surface area contributed by atoms with E-state index in [9.17, 15) is 31.5 Å². The van der Waals surface area contributed by atoms with Gasteiger partial charge in [0.05, 0.1) is 34.7 Å². The third-order valence-electron chi connectivity index (χ3n) is 8.61. The molecule has 1 amide bonds. The number of hydrogen-bond donors (Lipinski definition) is 5. The molecule has 0 aliphatic carbocycles. The average molecular weight is 703 g/mol. The molecule has 3 aromatic carbocycles. The summed E-state index contributed by atoms with van der Waals surface area (Å²) in [4.78, 5) is 25.4. The van der Waals surface area contributed by atoms with Crippen molar-refractivity contribution in [2.45, 2.75) is 63.9 Å². The molecule has 5 rings (SSSR count). The van der Waals surface area contributed by atoms with Gasteiger partial charge >= 0.3 is 6.18 Å². The van der Waals surface area contributed by atoms with Gasteiger partial charge < -0.3 is 25.8 Å². The van der Waals surface area contributed by atoms with Gasteiger partial charge in [0, 0.05) is 35.8 Å². The molecule has 0 spiro atoms. The fourth-order valence-corrected chi connectivity index (χ4v) is 7.46. The Hall–Kier alpha value is -4.40. The lowest BCUT2D eigenvalue weighted by molar-refractivity contribution is -0.137. The van der Waals surface area contributed by atoms with Gasteiger partial charge in [-0.3, -0.25) is 13.9 Å². The van der Waals surface area contributed by atoms with Crippen molar-refractivity contribution in [2.24, 2.45) is 0 Å². The molecular weight excluding hydrogens is 661 g/mol. The van der Waals surface area contributed by atoms with Gasteiger partial charge in [0.1, 0.15) is 0 Å². The zero-order valence-corrected chi connectivity index (χ0v) is 28.2. The highest BCUT2D eigenvalue weighted by molar-refractivity contribution is 7.93. The van der Waals surface area contributed by atoms with Crippen LogP contribution >= 0.6 is 0 Å². The summed E-state index contributed by atoms with van der Waals surface area (Å²) < 4.78 is 67.2. The predicted molar refractivity (Wildman–Crippen MR) is 182 cm³/mol. The summed E-state index contributed by atoms with van der Waals surface area (Å²) in [6, 6.07) is 16.9. The Morgan fingerprint density at radius 3 is 2.35 bits per heavy atom. The Balaban J connectivity index is 0.00000174. The summed E-state index contributed by atoms with van der Waals surface area (Å²) in [7, 11) is -3.53. The molecule has 1 aliphatic heterocycles. The fraction of sp³-hybridized carbons (Fsp3) is 0.371. The number of amides is 1. The molecule has 2 atom stereocenters. The molecule has 14 heteroatoms. The van der Waals surface area contributed by atoms with E-state index >= 15 is 0 Å². The lowest BCUT2D eigenvalue weighted by Gasteiger charge is -2.32. The Morgan fingerprint density at radius 1 is 1.06 bits per heavy atom. The van der Waals surface area contributed by atoms with Crippen LogP contribution in [0.3, 0.4) is 0 Å². The van der Waals surface area contributed by atoms with E-state index in [1.807, 2.05) is 43.5 Å². The van der Waals surface area contributed by atoms with Gasteiger partial charge in [-0.25, -0.2) is 8.42 Å². The number of aliphatic hydroxyl groups excluding tert-OH is 1. The zero-order chi connectivity index (χ0) is 36.0. The smallest absolute Gasteiger partial charge is 0.416 e. The second-order valence-corrected chi connectivity index (χ2v) is 14.4. The first-order valence-electron chi connectivity index (χ1n) is 15.8. The minimum atomic E-state index is -4.49. The number of alkyl halides is 3. The molecule has 0 bridgehead atoms. The summed E-state index contributed by atoms with van der Waals surface area (Å²) >= 11 is 0. The van der Waals surface area contributed by atoms with Gasteiger partial charge in [-0.05, 0) is 74.1 Å². The van der Waals surface area contributed by atoms with Gasteiger partial charge in [-0.2, -0.15) is 13.2 Å². The number of nitrogens with zero attached hydrogens (tertiary/aromatic N) is 1. The van der Waals surface area contributed by atoms with Crippen molar-refractivity contribution < 1.29 is 41.4 Å². The van der Waals surface area contributed by atoms with Crippen LogP contribution in [0.1, 0.15) is 59.8 Å². The van der Waals surface area contributed by atoms with Gasteiger partial charge in [-0.15, -0.1) is 0 Å². The third kappa shape index (κ3) is 8.99. The van der Waals surface area contributed by atoms with Crippen molar-refractivity contribution in [3.63, 3.8) is 0 Å². The van der Waals surface area contributed by atoms with E-state index in [4.69, 9.17) is 9.90 Å². The lowest BCUT2D eigenvalue weighted by Crippen LogP contribution is -2.51. The van der Waals surface area contributed by atoms with Crippen molar-refractivity contribution in [1.29, 1.82) is 0 Å². The molecule has 264 valence electrons. The van der Waals surface area contributed by atoms with E-state index in [-0.39, 0.29) is 30.8 Å². The van der Waals surface area contributed by atoms with Crippen LogP contribution < -0.4 is 14.9 Å². The van der Waals surface area contributed by atoms with Crippen molar-refractivity contribution in [2.75, 3.05) is 23.1 Å². The number of nitrogens with one attached hydrogen (secondary N) is 3. The molecule has 1 aliphatic rings. The lowest BCUT2D eigenvalue weighted by atomic mass is 9.92. The first kappa shape index (κ1) is 37.4. The summed E-state index contributed by atoms with van der Waals surface area (Å²) in [5.41, 5.74) is 1.80. The van der Waals surface area contributed by atoms with Crippen LogP contribution in [0, 0.1) is 0 Å². The summed E-state index contributed by atoms with van der Waals surface area (Å²) in [6.45, 7) is 5.46. The number of aliphatic hydroxyl groups is 1. The molecule has 0 unspecified atom stereocenters. The highest BCUT2D eigenvalue weighted by Crippen LogP contribution is 2.35. The van der Waals surface area contributed by atoms with Crippen LogP contribution in [-0.2, 0) is 39.4 Å². The van der Waals surface area contributed by atoms with Crippen LogP contribution in [0.25, 0.3) is 10.9 Å². The van der Waals surface area contributed by atoms with E-state index in [1.54, 1.807) is 32.0 Å². The number of carbonyl (C=O) groups excluding carboxylic acids is 1. The molecule has 0 radical (unpaired) electrons. The number of benzene rings is 3. The van der Waals surface area contributed by atoms with Crippen LogP contribution in [0.2, 0.25) is 0 Å². The standard InChI is InChI=1S/C34H39F3N4O4S.CH2O2/c1-4-23-20-38-31-27(23)17-24(18-29(31)41-14-9-15-46(41,44)45)32(43)40-28(16-22-10-6-5-7-11-22)30(42)21-39-33(2,3)25-12-8-13-26(19-25)34(35,36)37;2-1-3/h5-8,10-13,17-20,28,30,38-39,42H,4,9,14-16,21H2,1-3H3,(H,40,43);1H,(H,2,3)/t28-,30+;/m0./s1. The maximum atomic E-state index is 13.9. The maximum Gasteiger partial charge on any atom is 0.416 e. The molecule has 1 saturated heterocycles. The zero-order valence-electron chi connectivity index (χ0n) is 27.4. The largest absolute Gasteiger partial charge is 0.483 e. The Bertz CT molecular complexity index is 1860. The number of sulfonamides is 1. The number of hydrogen-bond acceptors (Lipinski definition) is 6. The van der Waals surface area contributed by atoms with Crippen LogP contribution in [0.15, 0.2) is 72.9 Å². The number of aromatic amines is 1. The fourth-order valence-electron chi connectivity index (χ4n) is 5.89. The highest BCUT2D eigenvalue weighted by atomic mass is 32.2. The number of anilines is 1. The molecule has 10 nitrogen and oxygen atoms in total. The molecule has 4 aromatic rings. The quantitative estimate of drug-likeness (QED) is 0.135. The summed E-state index contributed by atoms with van der Waals surface area (Å²) in [5, 5.41) is 25.2. The topological polar surface area (TPSA) is 152 Å². The molecular formula is C35H41F3N4O6S. The maximum absolute atomic E-state index is 13.9. The normalized spacial score (nSPS) is 15.7. The first-order valence-corrected chi connectivity index (χ1v) is 17.4. The number of fused-ring (bicyclic) bond motifs is 1. The van der Waals surface area contributed by atoms with Gasteiger partial charge in [0.15, 0.2) is 0 Å². The molecule has 49 heavy (non-hydrogen) atoms. The highest BCUT2D eigenvalue weighted by Gasteiger charge is 2.34. The van der Waals surface area contributed by atoms with Crippen molar-refractivity contribution >= 4 is 39.0 Å². The number of carboxylic acid groups (broad SMARTS) is 1. The van der Waals surface area contributed by atoms with Crippen LogP contribution in [-0.4, -0.2) is 67.0 Å². The number of H-pyrrole nitrogens is 1. The van der Waals surface area contributed by atoms with E-state index < -0.39 is 45.4 Å². The van der Waals surface area contributed by atoms with Crippen molar-refractivity contribution in [3.8, 4) is 0 Å². The monoisotopic (exact) mass is 702 g/mol. The van der Waals surface area contributed by atoms with Crippen LogP contribution in [0.4, 0.5) is 18.9 Å². The second kappa shape index (κ2) is 15.4. The average Bonchev–Trinajstić information content (AvgIpc) is 3.65. The van der Waals surface area contributed by atoms with E-state index in [2.05, 4.69) is 15.6 Å². The Kier molecular flexibility index (Phi) is 11.8. The van der Waals surface area contributed by atoms with Gasteiger partial charge in [0.25, 0.3) is 12.4 Å². The van der Waals surface area contributed by atoms with E-state index in [0.717, 1.165) is 28.6 Å². The predicted octanol–water partition coefficient (Wildman–Crippen LogP) is 5.22. The molecule has 2 heterocycles. The number of rotatable bonds is 11. The SMILES string of the molecule is CCc1c[nH]c2c(N3CCCS3(=O)=O)cc(C(=O)N[C@@H](Cc3ccccc3)[C@H](O)CNC(C)(C)c3cccc(C(F)(F)F)c3)cc12.O=CO. The van der Waals surface area contributed by atoms with E-state index in [0.29, 0.717) is 36.2 Å². The summed E-state index contributed by atoms with van der Waals surface area (Å²) in [6.07, 6.45) is -2.37. The number of aryl methyl sites for hydroxylation is 1. The van der Waals surface area contributed by atoms with E-state index in [1.165, 1.54) is 10.4 Å². The minimum absolute atomic E-state index is 0.0292. The molecule has 5 N–H and O–H groups in total. The molecule has 0 saturated carbocycles. The van der Waals surface area contributed by atoms with Crippen molar-refractivity contribution in [3.05, 3.63) is 101 Å². The van der Waals surface area contributed by atoms with Crippen LogP contribution in [0.5, 0.6) is 0 Å². The third-order valence-corrected chi connectivity index (χ3v) is 10.5. The van der Waals surface area contributed by atoms with Gasteiger partial charge in [0.2, 0.25) is 10.0 Å². The minimum Gasteiger partial charge on any atom is -0.483 e. The molecule has 1 aromatic heterocycles. The molecule has 1 fully saturated rings. The number of aromatic nitrogens is 1. The Morgan fingerprint density at radius 2 is 1.73 bits per heavy atom. The first-order chi connectivity index (χ1) is 23.1. The van der Waals surface area contributed by atoms with Crippen molar-refractivity contribution in [1.82, 2.24) is 15.6 Å².